The second-order valence-corrected chi connectivity index (χ2v) is 10.1. The summed E-state index contributed by atoms with van der Waals surface area (Å²) < 4.78 is 21.5. The first kappa shape index (κ1) is 28.4. The van der Waals surface area contributed by atoms with Crippen molar-refractivity contribution >= 4 is 29.0 Å². The van der Waals surface area contributed by atoms with Gasteiger partial charge in [0.1, 0.15) is 22.5 Å². The first-order valence-electron chi connectivity index (χ1n) is 13.5. The lowest BCUT2D eigenvalue weighted by atomic mass is 9.90. The standard InChI is InChI=1S/C32H29NO9/c1-19(34)39-30-26(37)18-28-29(31(30)40-20(2)35)25(36)17-27(42-28)23-8-10-24(11-9-23)41-32(38)33-14-12-22(13-15-33)16-21-6-4-3-5-7-21/h3-11,17-18,22,37H,12-16H2,1-2H3. The zero-order valence-electron chi connectivity index (χ0n) is 23.1. The minimum Gasteiger partial charge on any atom is -0.504 e. The molecule has 0 spiro atoms. The summed E-state index contributed by atoms with van der Waals surface area (Å²) in [5.74, 6) is -2.00. The predicted molar refractivity (Wildman–Crippen MR) is 153 cm³/mol. The zero-order valence-corrected chi connectivity index (χ0v) is 23.1. The lowest BCUT2D eigenvalue weighted by Crippen LogP contribution is -2.40. The molecule has 10 nitrogen and oxygen atoms in total. The van der Waals surface area contributed by atoms with E-state index in [9.17, 15) is 24.3 Å². The molecule has 1 aliphatic rings. The molecule has 216 valence electrons. The summed E-state index contributed by atoms with van der Waals surface area (Å²) in [7, 11) is 0. The van der Waals surface area contributed by atoms with E-state index in [0.29, 0.717) is 30.3 Å². The number of phenolic OH excluding ortho intramolecular Hbond substituents is 1. The summed E-state index contributed by atoms with van der Waals surface area (Å²) >= 11 is 0. The first-order chi connectivity index (χ1) is 20.2. The maximum absolute atomic E-state index is 13.1. The highest BCUT2D eigenvalue weighted by Crippen LogP contribution is 2.43. The van der Waals surface area contributed by atoms with Crippen molar-refractivity contribution in [3.8, 4) is 34.3 Å². The SMILES string of the molecule is CC(=O)Oc1c(O)cc2oc(-c3ccc(OC(=O)N4CCC(Cc5ccccc5)CC4)cc3)cc(=O)c2c1OC(C)=O. The molecule has 5 rings (SSSR count). The Morgan fingerprint density at radius 3 is 2.17 bits per heavy atom. The Hall–Kier alpha value is -5.12. The van der Waals surface area contributed by atoms with Crippen LogP contribution < -0.4 is 19.6 Å². The number of aromatic hydroxyl groups is 1. The van der Waals surface area contributed by atoms with Crippen LogP contribution in [0.1, 0.15) is 32.3 Å². The van der Waals surface area contributed by atoms with Crippen LogP contribution in [-0.2, 0) is 16.0 Å². The van der Waals surface area contributed by atoms with Crippen LogP contribution in [0.2, 0.25) is 0 Å². The van der Waals surface area contributed by atoms with E-state index in [4.69, 9.17) is 18.6 Å². The van der Waals surface area contributed by atoms with Gasteiger partial charge in [0.25, 0.3) is 0 Å². The number of ether oxygens (including phenoxy) is 3. The molecule has 42 heavy (non-hydrogen) atoms. The lowest BCUT2D eigenvalue weighted by molar-refractivity contribution is -0.134. The molecule has 4 aromatic rings. The van der Waals surface area contributed by atoms with E-state index in [0.717, 1.165) is 39.2 Å². The Morgan fingerprint density at radius 1 is 0.881 bits per heavy atom. The molecular weight excluding hydrogens is 542 g/mol. The van der Waals surface area contributed by atoms with E-state index in [1.807, 2.05) is 18.2 Å². The van der Waals surface area contributed by atoms with Crippen LogP contribution >= 0.6 is 0 Å². The van der Waals surface area contributed by atoms with Gasteiger partial charge in [0, 0.05) is 44.6 Å². The molecule has 1 N–H and O–H groups in total. The van der Waals surface area contributed by atoms with Gasteiger partial charge in [0.2, 0.25) is 5.75 Å². The summed E-state index contributed by atoms with van der Waals surface area (Å²) in [6, 6.07) is 19.0. The van der Waals surface area contributed by atoms with Crippen LogP contribution in [0.5, 0.6) is 23.0 Å². The fourth-order valence-electron chi connectivity index (χ4n) is 5.00. The lowest BCUT2D eigenvalue weighted by Gasteiger charge is -2.31. The van der Waals surface area contributed by atoms with Crippen LogP contribution in [0, 0.1) is 5.92 Å². The van der Waals surface area contributed by atoms with Gasteiger partial charge in [0.05, 0.1) is 0 Å². The summed E-state index contributed by atoms with van der Waals surface area (Å²) in [4.78, 5) is 50.8. The van der Waals surface area contributed by atoms with Crippen LogP contribution in [0.25, 0.3) is 22.3 Å². The number of fused-ring (bicyclic) bond motifs is 1. The third-order valence-electron chi connectivity index (χ3n) is 6.98. The molecule has 1 aromatic heterocycles. The van der Waals surface area contributed by atoms with Crippen molar-refractivity contribution in [3.05, 3.63) is 82.5 Å². The molecule has 1 aliphatic heterocycles. The van der Waals surface area contributed by atoms with Crippen molar-refractivity contribution in [1.82, 2.24) is 4.90 Å². The molecular formula is C32H29NO9. The van der Waals surface area contributed by atoms with Gasteiger partial charge in [-0.25, -0.2) is 4.79 Å². The van der Waals surface area contributed by atoms with Crippen molar-refractivity contribution in [3.63, 3.8) is 0 Å². The number of likely N-dealkylation sites (tertiary alicyclic amines) is 1. The fraction of sp³-hybridized carbons (Fsp3) is 0.250. The number of carbonyl (C=O) groups is 3. The molecule has 1 amide bonds. The summed E-state index contributed by atoms with van der Waals surface area (Å²) in [5.41, 5.74) is 1.11. The van der Waals surface area contributed by atoms with Gasteiger partial charge in [-0.3, -0.25) is 14.4 Å². The minimum atomic E-state index is -0.791. The molecule has 0 aliphatic carbocycles. The average molecular weight is 572 g/mol. The number of benzene rings is 3. The van der Waals surface area contributed by atoms with Crippen LogP contribution in [0.4, 0.5) is 4.79 Å². The van der Waals surface area contributed by atoms with Gasteiger partial charge >= 0.3 is 18.0 Å². The van der Waals surface area contributed by atoms with Crippen molar-refractivity contribution in [2.75, 3.05) is 13.1 Å². The van der Waals surface area contributed by atoms with Crippen LogP contribution in [0.3, 0.4) is 0 Å². The van der Waals surface area contributed by atoms with E-state index < -0.39 is 40.7 Å². The molecule has 1 saturated heterocycles. The average Bonchev–Trinajstić information content (AvgIpc) is 2.95. The monoisotopic (exact) mass is 571 g/mol. The van der Waals surface area contributed by atoms with E-state index >= 15 is 0 Å². The number of nitrogens with zero attached hydrogens (tertiary/aromatic N) is 1. The van der Waals surface area contributed by atoms with Gasteiger partial charge in [-0.15, -0.1) is 0 Å². The van der Waals surface area contributed by atoms with Gasteiger partial charge in [-0.2, -0.15) is 0 Å². The van der Waals surface area contributed by atoms with Crippen molar-refractivity contribution in [2.45, 2.75) is 33.1 Å². The van der Waals surface area contributed by atoms with Crippen LogP contribution in [0.15, 0.2) is 75.9 Å². The van der Waals surface area contributed by atoms with Crippen molar-refractivity contribution in [2.24, 2.45) is 5.92 Å². The number of esters is 2. The highest BCUT2D eigenvalue weighted by Gasteiger charge is 2.25. The molecule has 0 atom stereocenters. The minimum absolute atomic E-state index is 0.0895. The predicted octanol–water partition coefficient (Wildman–Crippen LogP) is 5.47. The van der Waals surface area contributed by atoms with Crippen molar-refractivity contribution in [1.29, 1.82) is 0 Å². The molecule has 0 radical (unpaired) electrons. The van der Waals surface area contributed by atoms with Gasteiger partial charge in [-0.05, 0) is 55.0 Å². The Bertz CT molecular complexity index is 1690. The Labute approximate surface area is 241 Å². The Kier molecular flexibility index (Phi) is 8.24. The Morgan fingerprint density at radius 2 is 1.52 bits per heavy atom. The maximum atomic E-state index is 13.1. The number of amides is 1. The van der Waals surface area contributed by atoms with Gasteiger partial charge in [0.15, 0.2) is 16.9 Å². The summed E-state index contributed by atoms with van der Waals surface area (Å²) in [6.45, 7) is 3.45. The second-order valence-electron chi connectivity index (χ2n) is 10.1. The van der Waals surface area contributed by atoms with Gasteiger partial charge < -0.3 is 28.6 Å². The number of hydrogen-bond donors (Lipinski definition) is 1. The molecule has 1 fully saturated rings. The van der Waals surface area contributed by atoms with E-state index in [-0.39, 0.29) is 16.7 Å². The number of piperidine rings is 1. The van der Waals surface area contributed by atoms with E-state index in [1.165, 1.54) is 11.6 Å². The third kappa shape index (κ3) is 6.43. The summed E-state index contributed by atoms with van der Waals surface area (Å²) in [5, 5.41) is 10.2. The van der Waals surface area contributed by atoms with E-state index in [2.05, 4.69) is 12.1 Å². The van der Waals surface area contributed by atoms with Crippen molar-refractivity contribution < 1.29 is 38.1 Å². The highest BCUT2D eigenvalue weighted by molar-refractivity contribution is 5.93. The highest BCUT2D eigenvalue weighted by atomic mass is 16.6. The second kappa shape index (κ2) is 12.2. The molecule has 10 heteroatoms. The zero-order chi connectivity index (χ0) is 29.8. The normalized spacial score (nSPS) is 13.5. The molecule has 2 heterocycles. The molecule has 0 saturated carbocycles. The third-order valence-corrected chi connectivity index (χ3v) is 6.98. The number of carbonyl (C=O) groups excluding carboxylic acids is 3. The largest absolute Gasteiger partial charge is 0.504 e. The van der Waals surface area contributed by atoms with Gasteiger partial charge in [-0.1, -0.05) is 30.3 Å². The van der Waals surface area contributed by atoms with Crippen LogP contribution in [-0.4, -0.2) is 41.1 Å². The summed E-state index contributed by atoms with van der Waals surface area (Å²) in [6.07, 6.45) is 2.38. The first-order valence-corrected chi connectivity index (χ1v) is 13.5. The smallest absolute Gasteiger partial charge is 0.415 e. The number of hydrogen-bond acceptors (Lipinski definition) is 9. The number of phenols is 1. The van der Waals surface area contributed by atoms with E-state index in [1.54, 1.807) is 29.2 Å². The molecule has 3 aromatic carbocycles. The topological polar surface area (TPSA) is 133 Å². The maximum Gasteiger partial charge on any atom is 0.415 e. The quantitative estimate of drug-likeness (QED) is 0.236. The molecule has 0 bridgehead atoms. The Balaban J connectivity index is 1.29. The fourth-order valence-corrected chi connectivity index (χ4v) is 5.00. The molecule has 0 unspecified atom stereocenters. The number of rotatable bonds is 6.